The molecule has 13 heavy (non-hydrogen) atoms. The van der Waals surface area contributed by atoms with Crippen molar-refractivity contribution in [3.8, 4) is 5.75 Å². The normalized spacial score (nSPS) is 15.5. The van der Waals surface area contributed by atoms with Crippen molar-refractivity contribution >= 4 is 12.6 Å². The molecule has 0 saturated heterocycles. The lowest BCUT2D eigenvalue weighted by Crippen LogP contribution is -2.05. The zero-order chi connectivity index (χ0) is 9.10. The Bertz CT molecular complexity index is 328. The number of ether oxygens (including phenoxy) is 1. The minimum absolute atomic E-state index is 0.405. The Balaban J connectivity index is 1.89. The summed E-state index contributed by atoms with van der Waals surface area (Å²) >= 11 is 4.21. The molecule has 1 aromatic heterocycles. The molecule has 0 atom stereocenters. The predicted molar refractivity (Wildman–Crippen MR) is 55.3 cm³/mol. The summed E-state index contributed by atoms with van der Waals surface area (Å²) in [5, 5.41) is 0.783. The van der Waals surface area contributed by atoms with Crippen molar-refractivity contribution in [1.82, 2.24) is 4.98 Å². The molecular formula is C10H11NOS. The molecule has 1 aliphatic rings. The van der Waals surface area contributed by atoms with E-state index in [9.17, 15) is 0 Å². The van der Waals surface area contributed by atoms with Crippen molar-refractivity contribution in [2.24, 2.45) is 5.92 Å². The van der Waals surface area contributed by atoms with Gasteiger partial charge in [-0.25, -0.2) is 0 Å². The maximum Gasteiger partial charge on any atom is 0.150 e. The number of aromatic amines is 1. The van der Waals surface area contributed by atoms with Crippen molar-refractivity contribution < 1.29 is 4.74 Å². The molecule has 1 aromatic rings. The fourth-order valence-electron chi connectivity index (χ4n) is 1.24. The standard InChI is InChI=1S/C10H11NOS/c13-10-9(5-6-11-10)12-7-8-3-1-2-4-8/h1-6,8,11,13H,7H2. The van der Waals surface area contributed by atoms with Crippen LogP contribution < -0.4 is 4.74 Å². The van der Waals surface area contributed by atoms with Gasteiger partial charge in [0.15, 0.2) is 5.75 Å². The summed E-state index contributed by atoms with van der Waals surface area (Å²) < 4.78 is 5.55. The SMILES string of the molecule is Sc1[nH]ccc1OCC1C=CC=C1. The lowest BCUT2D eigenvalue weighted by Gasteiger charge is -2.07. The highest BCUT2D eigenvalue weighted by atomic mass is 32.1. The Kier molecular flexibility index (Phi) is 2.45. The van der Waals surface area contributed by atoms with Crippen LogP contribution in [0.5, 0.6) is 5.75 Å². The first-order chi connectivity index (χ1) is 6.36. The number of H-pyrrole nitrogens is 1. The summed E-state index contributed by atoms with van der Waals surface area (Å²) in [6.07, 6.45) is 10.1. The average molecular weight is 193 g/mol. The van der Waals surface area contributed by atoms with E-state index in [1.54, 1.807) is 0 Å². The van der Waals surface area contributed by atoms with Gasteiger partial charge in [-0.15, -0.1) is 12.6 Å². The second kappa shape index (κ2) is 3.75. The zero-order valence-electron chi connectivity index (χ0n) is 7.10. The molecule has 0 radical (unpaired) electrons. The van der Waals surface area contributed by atoms with Crippen LogP contribution in [-0.2, 0) is 0 Å². The summed E-state index contributed by atoms with van der Waals surface area (Å²) in [4.78, 5) is 2.95. The van der Waals surface area contributed by atoms with Gasteiger partial charge in [0, 0.05) is 12.1 Å². The molecule has 0 bridgehead atoms. The number of allylic oxidation sites excluding steroid dienone is 2. The zero-order valence-corrected chi connectivity index (χ0v) is 8.00. The second-order valence-electron chi connectivity index (χ2n) is 2.94. The van der Waals surface area contributed by atoms with Gasteiger partial charge in [-0.3, -0.25) is 0 Å². The first-order valence-corrected chi connectivity index (χ1v) is 4.65. The molecule has 0 spiro atoms. The lowest BCUT2D eigenvalue weighted by molar-refractivity contribution is 0.291. The number of nitrogens with one attached hydrogen (secondary N) is 1. The lowest BCUT2D eigenvalue weighted by atomic mass is 10.2. The summed E-state index contributed by atoms with van der Waals surface area (Å²) in [6.45, 7) is 0.679. The first-order valence-electron chi connectivity index (χ1n) is 4.20. The fourth-order valence-corrected chi connectivity index (χ4v) is 1.45. The highest BCUT2D eigenvalue weighted by Crippen LogP contribution is 2.21. The van der Waals surface area contributed by atoms with E-state index in [4.69, 9.17) is 4.74 Å². The Morgan fingerprint density at radius 1 is 1.38 bits per heavy atom. The monoisotopic (exact) mass is 193 g/mol. The molecule has 0 unspecified atom stereocenters. The van der Waals surface area contributed by atoms with E-state index in [-0.39, 0.29) is 0 Å². The summed E-state index contributed by atoms with van der Waals surface area (Å²) in [5.74, 6) is 1.22. The number of aromatic nitrogens is 1. The van der Waals surface area contributed by atoms with Gasteiger partial charge in [-0.2, -0.15) is 0 Å². The molecule has 2 rings (SSSR count). The molecule has 2 nitrogen and oxygen atoms in total. The minimum atomic E-state index is 0.405. The van der Waals surface area contributed by atoms with Crippen molar-refractivity contribution in [2.45, 2.75) is 5.03 Å². The average Bonchev–Trinajstić information content (AvgIpc) is 2.72. The molecule has 1 heterocycles. The topological polar surface area (TPSA) is 25.0 Å². The van der Waals surface area contributed by atoms with E-state index in [2.05, 4.69) is 29.8 Å². The van der Waals surface area contributed by atoms with Crippen LogP contribution in [0.2, 0.25) is 0 Å². The van der Waals surface area contributed by atoms with Crippen molar-refractivity contribution in [3.63, 3.8) is 0 Å². The predicted octanol–water partition coefficient (Wildman–Crippen LogP) is 2.42. The van der Waals surface area contributed by atoms with Crippen LogP contribution in [0, 0.1) is 5.92 Å². The summed E-state index contributed by atoms with van der Waals surface area (Å²) in [5.41, 5.74) is 0. The molecular weight excluding hydrogens is 182 g/mol. The van der Waals surface area contributed by atoms with Crippen LogP contribution in [0.4, 0.5) is 0 Å². The molecule has 1 N–H and O–H groups in total. The van der Waals surface area contributed by atoms with E-state index in [0.717, 1.165) is 10.8 Å². The largest absolute Gasteiger partial charge is 0.490 e. The highest BCUT2D eigenvalue weighted by Gasteiger charge is 2.06. The van der Waals surface area contributed by atoms with E-state index in [0.29, 0.717) is 12.5 Å². The molecule has 1 aliphatic carbocycles. The van der Waals surface area contributed by atoms with Crippen LogP contribution >= 0.6 is 12.6 Å². The van der Waals surface area contributed by atoms with Crippen molar-refractivity contribution in [2.75, 3.05) is 6.61 Å². The van der Waals surface area contributed by atoms with E-state index in [1.807, 2.05) is 24.4 Å². The third kappa shape index (κ3) is 1.98. The highest BCUT2D eigenvalue weighted by molar-refractivity contribution is 7.80. The molecule has 68 valence electrons. The number of rotatable bonds is 3. The Morgan fingerprint density at radius 3 is 2.77 bits per heavy atom. The molecule has 3 heteroatoms. The van der Waals surface area contributed by atoms with Gasteiger partial charge in [0.2, 0.25) is 0 Å². The molecule has 0 aromatic carbocycles. The molecule has 0 amide bonds. The second-order valence-corrected chi connectivity index (χ2v) is 3.38. The Morgan fingerprint density at radius 2 is 2.15 bits per heavy atom. The third-order valence-electron chi connectivity index (χ3n) is 1.95. The Labute approximate surface area is 82.7 Å². The van der Waals surface area contributed by atoms with Gasteiger partial charge in [0.1, 0.15) is 5.03 Å². The van der Waals surface area contributed by atoms with Gasteiger partial charge in [-0.1, -0.05) is 24.3 Å². The third-order valence-corrected chi connectivity index (χ3v) is 2.30. The molecule has 0 fully saturated rings. The molecule has 0 aliphatic heterocycles. The van der Waals surface area contributed by atoms with Gasteiger partial charge in [0.25, 0.3) is 0 Å². The van der Waals surface area contributed by atoms with Gasteiger partial charge in [-0.05, 0) is 6.07 Å². The maximum atomic E-state index is 5.55. The minimum Gasteiger partial charge on any atom is -0.490 e. The van der Waals surface area contributed by atoms with Gasteiger partial charge < -0.3 is 9.72 Å². The van der Waals surface area contributed by atoms with Crippen LogP contribution in [0.1, 0.15) is 0 Å². The smallest absolute Gasteiger partial charge is 0.150 e. The van der Waals surface area contributed by atoms with Crippen LogP contribution in [0.15, 0.2) is 41.6 Å². The quantitative estimate of drug-likeness (QED) is 0.708. The fraction of sp³-hybridized carbons (Fsp3) is 0.200. The van der Waals surface area contributed by atoms with Crippen LogP contribution in [0.25, 0.3) is 0 Å². The van der Waals surface area contributed by atoms with Crippen molar-refractivity contribution in [3.05, 3.63) is 36.6 Å². The van der Waals surface area contributed by atoms with Crippen molar-refractivity contribution in [1.29, 1.82) is 0 Å². The van der Waals surface area contributed by atoms with E-state index >= 15 is 0 Å². The van der Waals surface area contributed by atoms with E-state index < -0.39 is 0 Å². The van der Waals surface area contributed by atoms with Gasteiger partial charge in [0.05, 0.1) is 6.61 Å². The summed E-state index contributed by atoms with van der Waals surface area (Å²) in [6, 6.07) is 1.88. The summed E-state index contributed by atoms with van der Waals surface area (Å²) in [7, 11) is 0. The number of hydrogen-bond donors (Lipinski definition) is 2. The maximum absolute atomic E-state index is 5.55. The molecule has 0 saturated carbocycles. The van der Waals surface area contributed by atoms with Gasteiger partial charge >= 0.3 is 0 Å². The van der Waals surface area contributed by atoms with Crippen LogP contribution in [-0.4, -0.2) is 11.6 Å². The number of hydrogen-bond acceptors (Lipinski definition) is 2. The first kappa shape index (κ1) is 8.51. The Hall–Kier alpha value is -1.09. The van der Waals surface area contributed by atoms with E-state index in [1.165, 1.54) is 0 Å². The van der Waals surface area contributed by atoms with Crippen LogP contribution in [0.3, 0.4) is 0 Å². The number of thiol groups is 1.